The lowest BCUT2D eigenvalue weighted by Gasteiger charge is -2.09. The molecule has 0 saturated heterocycles. The predicted molar refractivity (Wildman–Crippen MR) is 108 cm³/mol. The van der Waals surface area contributed by atoms with Gasteiger partial charge in [0.05, 0.1) is 24.1 Å². The molecule has 0 atom stereocenters. The Morgan fingerprint density at radius 3 is 2.61 bits per heavy atom. The van der Waals surface area contributed by atoms with Gasteiger partial charge in [0.25, 0.3) is 0 Å². The van der Waals surface area contributed by atoms with Crippen LogP contribution in [-0.2, 0) is 33.7 Å². The first-order chi connectivity index (χ1) is 13.7. The summed E-state index contributed by atoms with van der Waals surface area (Å²) in [5.41, 5.74) is 2.77. The highest BCUT2D eigenvalue weighted by molar-refractivity contribution is 5.79. The number of hydrogen-bond acceptors (Lipinski definition) is 4. The minimum absolute atomic E-state index is 0.00577. The number of aryl methyl sites for hydroxylation is 1. The van der Waals surface area contributed by atoms with Gasteiger partial charge in [-0.2, -0.15) is 0 Å². The number of hydrogen-bond donors (Lipinski definition) is 1. The van der Waals surface area contributed by atoms with Crippen molar-refractivity contribution in [1.29, 1.82) is 0 Å². The smallest absolute Gasteiger partial charge is 0.326 e. The van der Waals surface area contributed by atoms with Crippen molar-refractivity contribution in [3.8, 4) is 0 Å². The second kappa shape index (κ2) is 9.69. The molecule has 0 unspecified atom stereocenters. The number of rotatable bonds is 9. The van der Waals surface area contributed by atoms with Crippen molar-refractivity contribution in [3.05, 3.63) is 66.0 Å². The molecule has 6 nitrogen and oxygen atoms in total. The van der Waals surface area contributed by atoms with Crippen LogP contribution in [0, 0.1) is 0 Å². The zero-order valence-corrected chi connectivity index (χ0v) is 16.1. The minimum Gasteiger partial charge on any atom is -0.465 e. The van der Waals surface area contributed by atoms with E-state index in [9.17, 15) is 9.59 Å². The summed E-state index contributed by atoms with van der Waals surface area (Å²) in [6.45, 7) is 2.86. The Hall–Kier alpha value is -3.15. The first-order valence-corrected chi connectivity index (χ1v) is 9.57. The zero-order chi connectivity index (χ0) is 19.8. The van der Waals surface area contributed by atoms with Crippen molar-refractivity contribution in [1.82, 2.24) is 14.9 Å². The number of amides is 1. The van der Waals surface area contributed by atoms with E-state index in [0.717, 1.165) is 28.8 Å². The first kappa shape index (κ1) is 19.6. The second-order valence-electron chi connectivity index (χ2n) is 6.52. The lowest BCUT2D eigenvalue weighted by atomic mass is 10.1. The van der Waals surface area contributed by atoms with Crippen molar-refractivity contribution < 1.29 is 14.3 Å². The number of carbonyl (C=O) groups excluding carboxylic acids is 2. The molecule has 28 heavy (non-hydrogen) atoms. The van der Waals surface area contributed by atoms with E-state index >= 15 is 0 Å². The van der Waals surface area contributed by atoms with Crippen LogP contribution in [0.25, 0.3) is 11.0 Å². The van der Waals surface area contributed by atoms with Crippen LogP contribution in [0.1, 0.15) is 24.7 Å². The highest BCUT2D eigenvalue weighted by atomic mass is 16.5. The van der Waals surface area contributed by atoms with Crippen molar-refractivity contribution in [3.63, 3.8) is 0 Å². The molecular formula is C22H25N3O3. The van der Waals surface area contributed by atoms with E-state index in [1.54, 1.807) is 6.92 Å². The van der Waals surface area contributed by atoms with Gasteiger partial charge in [0, 0.05) is 13.0 Å². The summed E-state index contributed by atoms with van der Waals surface area (Å²) < 4.78 is 6.99. The maximum absolute atomic E-state index is 12.1. The van der Waals surface area contributed by atoms with Crippen molar-refractivity contribution >= 4 is 22.9 Å². The van der Waals surface area contributed by atoms with Gasteiger partial charge < -0.3 is 14.6 Å². The van der Waals surface area contributed by atoms with Crippen LogP contribution in [0.5, 0.6) is 0 Å². The van der Waals surface area contributed by atoms with E-state index in [1.165, 1.54) is 0 Å². The predicted octanol–water partition coefficient (Wildman–Crippen LogP) is 2.89. The summed E-state index contributed by atoms with van der Waals surface area (Å²) in [7, 11) is 0. The number of para-hydroxylation sites is 2. The molecule has 146 valence electrons. The van der Waals surface area contributed by atoms with Gasteiger partial charge in [-0.15, -0.1) is 0 Å². The van der Waals surface area contributed by atoms with Crippen LogP contribution in [0.4, 0.5) is 0 Å². The third-order valence-electron chi connectivity index (χ3n) is 4.43. The zero-order valence-electron chi connectivity index (χ0n) is 16.1. The molecule has 1 aromatic heterocycles. The second-order valence-corrected chi connectivity index (χ2v) is 6.52. The van der Waals surface area contributed by atoms with E-state index in [4.69, 9.17) is 4.74 Å². The number of carbonyl (C=O) groups is 2. The summed E-state index contributed by atoms with van der Waals surface area (Å²) in [5.74, 6) is 0.556. The topological polar surface area (TPSA) is 73.2 Å². The van der Waals surface area contributed by atoms with Gasteiger partial charge in [-0.25, -0.2) is 4.98 Å². The Balaban J connectivity index is 1.57. The van der Waals surface area contributed by atoms with E-state index in [0.29, 0.717) is 26.0 Å². The van der Waals surface area contributed by atoms with Crippen LogP contribution >= 0.6 is 0 Å². The minimum atomic E-state index is -0.275. The quantitative estimate of drug-likeness (QED) is 0.458. The van der Waals surface area contributed by atoms with Gasteiger partial charge >= 0.3 is 5.97 Å². The number of imidazole rings is 1. The number of aromatic nitrogens is 2. The van der Waals surface area contributed by atoms with Crippen LogP contribution < -0.4 is 5.32 Å². The molecule has 0 fully saturated rings. The van der Waals surface area contributed by atoms with E-state index in [2.05, 4.69) is 10.3 Å². The fourth-order valence-electron chi connectivity index (χ4n) is 3.15. The maximum Gasteiger partial charge on any atom is 0.326 e. The Kier molecular flexibility index (Phi) is 6.78. The highest BCUT2D eigenvalue weighted by Gasteiger charge is 2.14. The lowest BCUT2D eigenvalue weighted by Crippen LogP contribution is -2.26. The number of benzene rings is 2. The first-order valence-electron chi connectivity index (χ1n) is 9.57. The molecule has 0 aliphatic carbocycles. The highest BCUT2D eigenvalue weighted by Crippen LogP contribution is 2.17. The standard InChI is InChI=1S/C22H25N3O3/c1-2-28-22(27)16-25-19-12-7-6-11-18(19)24-20(25)13-8-14-23-21(26)15-17-9-4-3-5-10-17/h3-7,9-12H,2,8,13-16H2,1H3,(H,23,26). The number of esters is 1. The van der Waals surface area contributed by atoms with E-state index < -0.39 is 0 Å². The van der Waals surface area contributed by atoms with Crippen LogP contribution in [-0.4, -0.2) is 34.6 Å². The van der Waals surface area contributed by atoms with Crippen LogP contribution in [0.2, 0.25) is 0 Å². The lowest BCUT2D eigenvalue weighted by molar-refractivity contribution is -0.143. The largest absolute Gasteiger partial charge is 0.465 e. The summed E-state index contributed by atoms with van der Waals surface area (Å²) >= 11 is 0. The normalized spacial score (nSPS) is 10.8. The Morgan fingerprint density at radius 2 is 1.82 bits per heavy atom. The average Bonchev–Trinajstić information content (AvgIpc) is 3.04. The van der Waals surface area contributed by atoms with Crippen LogP contribution in [0.3, 0.4) is 0 Å². The molecule has 3 rings (SSSR count). The molecule has 1 amide bonds. The van der Waals surface area contributed by atoms with Gasteiger partial charge in [-0.3, -0.25) is 9.59 Å². The average molecular weight is 379 g/mol. The molecule has 3 aromatic rings. The summed E-state index contributed by atoms with van der Waals surface area (Å²) in [5, 5.41) is 2.95. The van der Waals surface area contributed by atoms with Gasteiger partial charge in [0.2, 0.25) is 5.91 Å². The summed E-state index contributed by atoms with van der Waals surface area (Å²) in [4.78, 5) is 28.7. The van der Waals surface area contributed by atoms with Crippen molar-refractivity contribution in [2.75, 3.05) is 13.2 Å². The van der Waals surface area contributed by atoms with E-state index in [1.807, 2.05) is 59.2 Å². The molecular weight excluding hydrogens is 354 g/mol. The molecule has 0 radical (unpaired) electrons. The fourth-order valence-corrected chi connectivity index (χ4v) is 3.15. The third kappa shape index (κ3) is 5.19. The number of nitrogens with zero attached hydrogens (tertiary/aromatic N) is 2. The molecule has 1 N–H and O–H groups in total. The molecule has 0 spiro atoms. The fraction of sp³-hybridized carbons (Fsp3) is 0.318. The van der Waals surface area contributed by atoms with Gasteiger partial charge in [-0.05, 0) is 31.0 Å². The molecule has 0 bridgehead atoms. The molecule has 0 aliphatic rings. The number of ether oxygens (including phenoxy) is 1. The summed E-state index contributed by atoms with van der Waals surface area (Å²) in [6, 6.07) is 17.4. The van der Waals surface area contributed by atoms with Gasteiger partial charge in [0.15, 0.2) is 0 Å². The van der Waals surface area contributed by atoms with Crippen molar-refractivity contribution in [2.24, 2.45) is 0 Å². The molecule has 2 aromatic carbocycles. The maximum atomic E-state index is 12.1. The van der Waals surface area contributed by atoms with Gasteiger partial charge in [0.1, 0.15) is 12.4 Å². The monoisotopic (exact) mass is 379 g/mol. The molecule has 0 saturated carbocycles. The molecule has 6 heteroatoms. The number of fused-ring (bicyclic) bond motifs is 1. The van der Waals surface area contributed by atoms with E-state index in [-0.39, 0.29) is 18.4 Å². The summed E-state index contributed by atoms with van der Waals surface area (Å²) in [6.07, 6.45) is 1.79. The Morgan fingerprint density at radius 1 is 1.07 bits per heavy atom. The number of nitrogens with one attached hydrogen (secondary N) is 1. The van der Waals surface area contributed by atoms with Crippen LogP contribution in [0.15, 0.2) is 54.6 Å². The van der Waals surface area contributed by atoms with Gasteiger partial charge in [-0.1, -0.05) is 42.5 Å². The molecule has 0 aliphatic heterocycles. The Bertz CT molecular complexity index is 935. The van der Waals surface area contributed by atoms with Crippen molar-refractivity contribution in [2.45, 2.75) is 32.7 Å². The SMILES string of the molecule is CCOC(=O)Cn1c(CCCNC(=O)Cc2ccccc2)nc2ccccc21. The Labute approximate surface area is 164 Å². The third-order valence-corrected chi connectivity index (χ3v) is 4.43. The molecule has 1 heterocycles.